The van der Waals surface area contributed by atoms with Crippen LogP contribution in [0.5, 0.6) is 0 Å². The van der Waals surface area contributed by atoms with Gasteiger partial charge in [-0.25, -0.2) is 0 Å². The second-order valence-electron chi connectivity index (χ2n) is 6.89. The first-order chi connectivity index (χ1) is 13.4. The molecule has 28 heavy (non-hydrogen) atoms. The van der Waals surface area contributed by atoms with Crippen molar-refractivity contribution < 1.29 is 22.7 Å². The molecule has 1 amide bonds. The largest absolute Gasteiger partial charge is 0.416 e. The first-order valence-electron chi connectivity index (χ1n) is 9.21. The van der Waals surface area contributed by atoms with Crippen molar-refractivity contribution in [2.24, 2.45) is 0 Å². The van der Waals surface area contributed by atoms with Crippen molar-refractivity contribution in [3.05, 3.63) is 71.3 Å². The van der Waals surface area contributed by atoms with Crippen LogP contribution in [0.4, 0.5) is 13.2 Å². The summed E-state index contributed by atoms with van der Waals surface area (Å²) in [6.45, 7) is 3.26. The molecule has 7 heteroatoms. The molecule has 0 bridgehead atoms. The first kappa shape index (κ1) is 20.4. The van der Waals surface area contributed by atoms with Gasteiger partial charge in [-0.2, -0.15) is 13.2 Å². The molecule has 0 aromatic heterocycles. The molecule has 0 saturated carbocycles. The second kappa shape index (κ2) is 9.21. The summed E-state index contributed by atoms with van der Waals surface area (Å²) in [4.78, 5) is 14.4. The number of amides is 1. The molecule has 150 valence electrons. The van der Waals surface area contributed by atoms with Gasteiger partial charge in [0.05, 0.1) is 24.7 Å². The van der Waals surface area contributed by atoms with Gasteiger partial charge in [0.2, 0.25) is 5.91 Å². The first-order valence-corrected chi connectivity index (χ1v) is 9.21. The van der Waals surface area contributed by atoms with Crippen LogP contribution in [-0.2, 0) is 28.7 Å². The van der Waals surface area contributed by atoms with E-state index in [1.54, 1.807) is 0 Å². The van der Waals surface area contributed by atoms with Crippen molar-refractivity contribution in [3.8, 4) is 0 Å². The zero-order valence-electron chi connectivity index (χ0n) is 15.4. The topological polar surface area (TPSA) is 41.6 Å². The minimum atomic E-state index is -4.41. The summed E-state index contributed by atoms with van der Waals surface area (Å²) >= 11 is 0. The lowest BCUT2D eigenvalue weighted by Gasteiger charge is -2.33. The highest BCUT2D eigenvalue weighted by Crippen LogP contribution is 2.29. The number of halogens is 3. The maximum atomic E-state index is 12.8. The zero-order valence-corrected chi connectivity index (χ0v) is 15.4. The van der Waals surface area contributed by atoms with Crippen LogP contribution in [0.25, 0.3) is 0 Å². The summed E-state index contributed by atoms with van der Waals surface area (Å²) in [5.74, 6) is -0.317. The van der Waals surface area contributed by atoms with Crippen molar-refractivity contribution in [2.75, 3.05) is 26.2 Å². The van der Waals surface area contributed by atoms with Gasteiger partial charge in [-0.3, -0.25) is 9.69 Å². The van der Waals surface area contributed by atoms with Gasteiger partial charge in [0, 0.05) is 26.2 Å². The third kappa shape index (κ3) is 6.07. The molecule has 1 N–H and O–H groups in total. The summed E-state index contributed by atoms with van der Waals surface area (Å²) in [6.07, 6.45) is -4.64. The van der Waals surface area contributed by atoms with Gasteiger partial charge in [0.25, 0.3) is 0 Å². The normalized spacial score (nSPS) is 18.0. The monoisotopic (exact) mass is 392 g/mol. The maximum Gasteiger partial charge on any atom is 0.416 e. The van der Waals surface area contributed by atoms with Gasteiger partial charge in [0.1, 0.15) is 0 Å². The fourth-order valence-electron chi connectivity index (χ4n) is 3.22. The van der Waals surface area contributed by atoms with Gasteiger partial charge >= 0.3 is 6.18 Å². The molecule has 0 spiro atoms. The summed E-state index contributed by atoms with van der Waals surface area (Å²) in [6, 6.07) is 15.0. The number of hydrogen-bond donors (Lipinski definition) is 1. The van der Waals surface area contributed by atoms with E-state index < -0.39 is 11.7 Å². The number of carbonyl (C=O) groups is 1. The van der Waals surface area contributed by atoms with Crippen molar-refractivity contribution >= 4 is 5.91 Å². The number of hydrogen-bond acceptors (Lipinski definition) is 3. The Morgan fingerprint density at radius 2 is 1.86 bits per heavy atom. The quantitative estimate of drug-likeness (QED) is 0.821. The van der Waals surface area contributed by atoms with E-state index in [0.29, 0.717) is 25.3 Å². The van der Waals surface area contributed by atoms with Crippen molar-refractivity contribution in [2.45, 2.75) is 25.2 Å². The van der Waals surface area contributed by atoms with Gasteiger partial charge in [-0.05, 0) is 17.2 Å². The lowest BCUT2D eigenvalue weighted by atomic mass is 10.1. The van der Waals surface area contributed by atoms with E-state index in [2.05, 4.69) is 22.3 Å². The molecule has 1 saturated heterocycles. The molecular weight excluding hydrogens is 369 g/mol. The fourth-order valence-corrected chi connectivity index (χ4v) is 3.22. The predicted octanol–water partition coefficient (Wildman–Crippen LogP) is 3.27. The Morgan fingerprint density at radius 3 is 2.61 bits per heavy atom. The van der Waals surface area contributed by atoms with Gasteiger partial charge in [-0.15, -0.1) is 0 Å². The molecule has 3 rings (SSSR count). The van der Waals surface area contributed by atoms with E-state index in [1.165, 1.54) is 17.7 Å². The summed E-state index contributed by atoms with van der Waals surface area (Å²) < 4.78 is 44.0. The maximum absolute atomic E-state index is 12.8. The number of ether oxygens (including phenoxy) is 1. The Bertz CT molecular complexity index is 781. The summed E-state index contributed by atoms with van der Waals surface area (Å²) in [5.41, 5.74) is 0.810. The smallest absolute Gasteiger partial charge is 0.374 e. The molecule has 1 heterocycles. The van der Waals surface area contributed by atoms with Crippen molar-refractivity contribution in [3.63, 3.8) is 0 Å². The highest BCUT2D eigenvalue weighted by molar-refractivity contribution is 5.78. The van der Waals surface area contributed by atoms with Crippen LogP contribution in [0.15, 0.2) is 54.6 Å². The zero-order chi connectivity index (χ0) is 20.0. The van der Waals surface area contributed by atoms with Crippen LogP contribution in [0.1, 0.15) is 16.7 Å². The SMILES string of the molecule is O=C(Cc1cccc(C(F)(F)F)c1)NC[C@H]1CN(Cc2ccccc2)CCO1. The second-order valence-corrected chi connectivity index (χ2v) is 6.89. The Balaban J connectivity index is 1.46. The standard InChI is InChI=1S/C21H23F3N2O2/c22-21(23,24)18-8-4-7-17(11-18)12-20(27)25-13-19-15-26(9-10-28-19)14-16-5-2-1-3-6-16/h1-8,11,19H,9-10,12-15H2,(H,25,27)/t19-/m0/s1. The van der Waals surface area contributed by atoms with Crippen LogP contribution in [0.2, 0.25) is 0 Å². The number of morpholine rings is 1. The van der Waals surface area contributed by atoms with Crippen LogP contribution in [0, 0.1) is 0 Å². The predicted molar refractivity (Wildman–Crippen MR) is 99.6 cm³/mol. The number of nitrogens with zero attached hydrogens (tertiary/aromatic N) is 1. The highest BCUT2D eigenvalue weighted by Gasteiger charge is 2.30. The lowest BCUT2D eigenvalue weighted by Crippen LogP contribution is -2.47. The number of rotatable bonds is 6. The Hall–Kier alpha value is -2.38. The van der Waals surface area contributed by atoms with Crippen LogP contribution in [0.3, 0.4) is 0 Å². The van der Waals surface area contributed by atoms with E-state index in [0.717, 1.165) is 25.2 Å². The number of alkyl halides is 3. The average molecular weight is 392 g/mol. The number of nitrogens with one attached hydrogen (secondary N) is 1. The Morgan fingerprint density at radius 1 is 1.11 bits per heavy atom. The highest BCUT2D eigenvalue weighted by atomic mass is 19.4. The minimum Gasteiger partial charge on any atom is -0.374 e. The third-order valence-electron chi connectivity index (χ3n) is 4.62. The molecule has 1 atom stereocenters. The molecule has 0 aliphatic carbocycles. The van der Waals surface area contributed by atoms with Crippen LogP contribution >= 0.6 is 0 Å². The van der Waals surface area contributed by atoms with E-state index in [4.69, 9.17) is 4.74 Å². The molecule has 0 unspecified atom stereocenters. The molecule has 1 aliphatic rings. The van der Waals surface area contributed by atoms with Gasteiger partial charge < -0.3 is 10.1 Å². The average Bonchev–Trinajstić information content (AvgIpc) is 2.67. The fraction of sp³-hybridized carbons (Fsp3) is 0.381. The van der Waals surface area contributed by atoms with E-state index in [-0.39, 0.29) is 18.4 Å². The Kier molecular flexibility index (Phi) is 6.70. The molecule has 1 aliphatic heterocycles. The number of benzene rings is 2. The lowest BCUT2D eigenvalue weighted by molar-refractivity contribution is -0.137. The van der Waals surface area contributed by atoms with Crippen molar-refractivity contribution in [1.82, 2.24) is 10.2 Å². The Labute approximate surface area is 162 Å². The van der Waals surface area contributed by atoms with E-state index in [1.807, 2.05) is 18.2 Å². The third-order valence-corrected chi connectivity index (χ3v) is 4.62. The summed E-state index contributed by atoms with van der Waals surface area (Å²) in [5, 5.41) is 2.77. The minimum absolute atomic E-state index is 0.0929. The number of carbonyl (C=O) groups excluding carboxylic acids is 1. The molecular formula is C21H23F3N2O2. The molecule has 2 aromatic carbocycles. The molecule has 4 nitrogen and oxygen atoms in total. The summed E-state index contributed by atoms with van der Waals surface area (Å²) in [7, 11) is 0. The molecule has 2 aromatic rings. The van der Waals surface area contributed by atoms with Crippen LogP contribution in [-0.4, -0.2) is 43.2 Å². The van der Waals surface area contributed by atoms with Gasteiger partial charge in [-0.1, -0.05) is 48.5 Å². The van der Waals surface area contributed by atoms with E-state index in [9.17, 15) is 18.0 Å². The van der Waals surface area contributed by atoms with Gasteiger partial charge in [0.15, 0.2) is 0 Å². The van der Waals surface area contributed by atoms with E-state index >= 15 is 0 Å². The molecule has 1 fully saturated rings. The van der Waals surface area contributed by atoms with Crippen molar-refractivity contribution in [1.29, 1.82) is 0 Å². The molecule has 0 radical (unpaired) electrons. The van der Waals surface area contributed by atoms with Crippen LogP contribution < -0.4 is 5.32 Å².